The van der Waals surface area contributed by atoms with Crippen LogP contribution in [-0.2, 0) is 13.9 Å². The lowest BCUT2D eigenvalue weighted by atomic mass is 10.4. The van der Waals surface area contributed by atoms with Gasteiger partial charge in [0.1, 0.15) is 0 Å². The van der Waals surface area contributed by atoms with Gasteiger partial charge in [-0.05, 0) is 17.7 Å². The highest BCUT2D eigenvalue weighted by molar-refractivity contribution is 6.60. The van der Waals surface area contributed by atoms with E-state index in [1.54, 1.807) is 14.2 Å². The Balaban J connectivity index is 2.44. The van der Waals surface area contributed by atoms with Gasteiger partial charge in [0.2, 0.25) is 9.04 Å². The van der Waals surface area contributed by atoms with Crippen molar-refractivity contribution in [1.82, 2.24) is 0 Å². The summed E-state index contributed by atoms with van der Waals surface area (Å²) in [4.78, 5) is 0. The van der Waals surface area contributed by atoms with Crippen LogP contribution in [0.15, 0.2) is 11.8 Å². The van der Waals surface area contributed by atoms with Gasteiger partial charge in [0.25, 0.3) is 0 Å². The molecule has 0 spiro atoms. The van der Waals surface area contributed by atoms with Crippen LogP contribution in [0.2, 0.25) is 6.04 Å². The number of rotatable bonds is 4. The second-order valence-electron chi connectivity index (χ2n) is 3.06. The topological polar surface area (TPSA) is 27.7 Å². The molecule has 0 aromatic heterocycles. The van der Waals surface area contributed by atoms with Crippen molar-refractivity contribution in [2.45, 2.75) is 25.2 Å². The first-order valence-corrected chi connectivity index (χ1v) is 6.14. The SMILES string of the molecule is C=C(C(OC)OC)[Si]1CCCCO1. The third kappa shape index (κ3) is 2.91. The van der Waals surface area contributed by atoms with Crippen molar-refractivity contribution in [3.05, 3.63) is 11.8 Å². The van der Waals surface area contributed by atoms with E-state index in [1.165, 1.54) is 12.8 Å². The van der Waals surface area contributed by atoms with Crippen molar-refractivity contribution in [3.63, 3.8) is 0 Å². The summed E-state index contributed by atoms with van der Waals surface area (Å²) in [5, 5.41) is 0.995. The number of hydrogen-bond acceptors (Lipinski definition) is 3. The Morgan fingerprint density at radius 2 is 2.08 bits per heavy atom. The zero-order valence-electron chi connectivity index (χ0n) is 8.34. The van der Waals surface area contributed by atoms with Crippen LogP contribution in [0.3, 0.4) is 0 Å². The summed E-state index contributed by atoms with van der Waals surface area (Å²) in [6.45, 7) is 4.86. The van der Waals surface area contributed by atoms with E-state index in [0.717, 1.165) is 17.8 Å². The van der Waals surface area contributed by atoms with E-state index in [2.05, 4.69) is 6.58 Å². The Kier molecular flexibility index (Phi) is 4.65. The first-order chi connectivity index (χ1) is 6.29. The van der Waals surface area contributed by atoms with Gasteiger partial charge >= 0.3 is 0 Å². The molecule has 0 N–H and O–H groups in total. The van der Waals surface area contributed by atoms with Gasteiger partial charge in [-0.3, -0.25) is 0 Å². The molecule has 0 aromatic carbocycles. The molecular formula is C9H17O3Si. The van der Waals surface area contributed by atoms with Crippen LogP contribution in [0.4, 0.5) is 0 Å². The summed E-state index contributed by atoms with van der Waals surface area (Å²) in [5.74, 6) is 0. The van der Waals surface area contributed by atoms with Gasteiger partial charge in [-0.2, -0.15) is 0 Å². The molecule has 3 nitrogen and oxygen atoms in total. The minimum atomic E-state index is -0.893. The summed E-state index contributed by atoms with van der Waals surface area (Å²) in [7, 11) is 2.37. The van der Waals surface area contributed by atoms with Gasteiger partial charge in [-0.1, -0.05) is 13.0 Å². The van der Waals surface area contributed by atoms with E-state index in [4.69, 9.17) is 13.9 Å². The monoisotopic (exact) mass is 201 g/mol. The number of hydrogen-bond donors (Lipinski definition) is 0. The largest absolute Gasteiger partial charge is 0.412 e. The zero-order chi connectivity index (χ0) is 9.68. The lowest BCUT2D eigenvalue weighted by molar-refractivity contribution is -0.0713. The maximum Gasteiger partial charge on any atom is 0.247 e. The smallest absolute Gasteiger partial charge is 0.247 e. The Hall–Kier alpha value is -0.163. The second kappa shape index (κ2) is 5.54. The summed E-state index contributed by atoms with van der Waals surface area (Å²) in [6, 6.07) is 1.13. The molecule has 1 radical (unpaired) electrons. The summed E-state index contributed by atoms with van der Waals surface area (Å²) >= 11 is 0. The summed E-state index contributed by atoms with van der Waals surface area (Å²) in [6.07, 6.45) is 2.13. The van der Waals surface area contributed by atoms with Gasteiger partial charge in [-0.25, -0.2) is 0 Å². The quantitative estimate of drug-likeness (QED) is 0.509. The second-order valence-corrected chi connectivity index (χ2v) is 5.33. The van der Waals surface area contributed by atoms with Crippen molar-refractivity contribution in [2.75, 3.05) is 20.8 Å². The van der Waals surface area contributed by atoms with E-state index < -0.39 is 9.04 Å². The van der Waals surface area contributed by atoms with Crippen molar-refractivity contribution >= 4 is 9.04 Å². The van der Waals surface area contributed by atoms with Gasteiger partial charge in [0, 0.05) is 20.8 Å². The third-order valence-corrected chi connectivity index (χ3v) is 4.46. The molecule has 1 rings (SSSR count). The Morgan fingerprint density at radius 1 is 1.38 bits per heavy atom. The predicted molar refractivity (Wildman–Crippen MR) is 52.7 cm³/mol. The van der Waals surface area contributed by atoms with E-state index in [0.29, 0.717) is 0 Å². The van der Waals surface area contributed by atoms with E-state index >= 15 is 0 Å². The molecule has 0 aromatic rings. The number of ether oxygens (including phenoxy) is 2. The molecule has 0 saturated carbocycles. The third-order valence-electron chi connectivity index (χ3n) is 2.15. The molecule has 0 aliphatic carbocycles. The maximum absolute atomic E-state index is 5.67. The van der Waals surface area contributed by atoms with Crippen LogP contribution in [0.5, 0.6) is 0 Å². The lowest BCUT2D eigenvalue weighted by Gasteiger charge is -2.25. The summed E-state index contributed by atoms with van der Waals surface area (Å²) in [5.41, 5.74) is 0. The molecule has 0 bridgehead atoms. The fourth-order valence-corrected chi connectivity index (χ4v) is 3.53. The standard InChI is InChI=1S/C9H17O3Si/c1-8(9(10-2)11-3)13-7-5-4-6-12-13/h9H,1,4-7H2,2-3H3. The Bertz CT molecular complexity index is 162. The molecule has 4 heteroatoms. The zero-order valence-corrected chi connectivity index (χ0v) is 9.34. The minimum Gasteiger partial charge on any atom is -0.412 e. The van der Waals surface area contributed by atoms with Gasteiger partial charge in [0.15, 0.2) is 6.29 Å². The molecule has 0 atom stereocenters. The first-order valence-electron chi connectivity index (χ1n) is 4.53. The fraction of sp³-hybridized carbons (Fsp3) is 0.778. The van der Waals surface area contributed by atoms with Crippen molar-refractivity contribution in [2.24, 2.45) is 0 Å². The molecule has 0 unspecified atom stereocenters. The van der Waals surface area contributed by atoms with E-state index in [9.17, 15) is 0 Å². The van der Waals surface area contributed by atoms with Gasteiger partial charge in [0.05, 0.1) is 0 Å². The van der Waals surface area contributed by atoms with Crippen LogP contribution in [0.1, 0.15) is 12.8 Å². The van der Waals surface area contributed by atoms with Crippen molar-refractivity contribution in [3.8, 4) is 0 Å². The Morgan fingerprint density at radius 3 is 2.54 bits per heavy atom. The number of methoxy groups -OCH3 is 2. The molecule has 13 heavy (non-hydrogen) atoms. The van der Waals surface area contributed by atoms with E-state index in [1.807, 2.05) is 0 Å². The Labute approximate surface area is 81.4 Å². The van der Waals surface area contributed by atoms with Crippen molar-refractivity contribution in [1.29, 1.82) is 0 Å². The lowest BCUT2D eigenvalue weighted by Crippen LogP contribution is -2.33. The maximum atomic E-state index is 5.67. The molecule has 1 aliphatic rings. The first kappa shape index (κ1) is 10.9. The molecule has 75 valence electrons. The van der Waals surface area contributed by atoms with Crippen LogP contribution >= 0.6 is 0 Å². The van der Waals surface area contributed by atoms with Crippen LogP contribution in [0.25, 0.3) is 0 Å². The van der Waals surface area contributed by atoms with Crippen LogP contribution < -0.4 is 0 Å². The molecule has 1 saturated heterocycles. The fourth-order valence-electron chi connectivity index (χ4n) is 1.42. The highest BCUT2D eigenvalue weighted by Crippen LogP contribution is 2.19. The normalized spacial score (nSPS) is 19.3. The highest BCUT2D eigenvalue weighted by Gasteiger charge is 2.26. The highest BCUT2D eigenvalue weighted by atomic mass is 28.3. The molecule has 1 fully saturated rings. The molecule has 0 amide bonds. The van der Waals surface area contributed by atoms with Crippen molar-refractivity contribution < 1.29 is 13.9 Å². The van der Waals surface area contributed by atoms with Crippen LogP contribution in [0, 0.1) is 0 Å². The van der Waals surface area contributed by atoms with Gasteiger partial charge in [-0.15, -0.1) is 0 Å². The molecule has 1 aliphatic heterocycles. The average Bonchev–Trinajstić information content (AvgIpc) is 2.21. The van der Waals surface area contributed by atoms with E-state index in [-0.39, 0.29) is 6.29 Å². The minimum absolute atomic E-state index is 0.285. The average molecular weight is 201 g/mol. The van der Waals surface area contributed by atoms with Crippen LogP contribution in [-0.4, -0.2) is 36.2 Å². The predicted octanol–water partition coefficient (Wildman–Crippen LogP) is 1.50. The molecule has 1 heterocycles. The van der Waals surface area contributed by atoms with Gasteiger partial charge < -0.3 is 13.9 Å². The summed E-state index contributed by atoms with van der Waals surface area (Å²) < 4.78 is 15.9. The molecular weight excluding hydrogens is 184 g/mol.